The summed E-state index contributed by atoms with van der Waals surface area (Å²) in [6.07, 6.45) is 1.40. The van der Waals surface area contributed by atoms with E-state index in [1.165, 1.54) is 6.20 Å². The number of ketones is 1. The van der Waals surface area contributed by atoms with E-state index in [-0.39, 0.29) is 11.5 Å². The molecule has 0 aliphatic rings. The Bertz CT molecular complexity index is 547. The van der Waals surface area contributed by atoms with Gasteiger partial charge in [-0.15, -0.1) is 0 Å². The van der Waals surface area contributed by atoms with Crippen LogP contribution in [-0.4, -0.2) is 28.3 Å². The zero-order chi connectivity index (χ0) is 12.4. The van der Waals surface area contributed by atoms with E-state index in [0.29, 0.717) is 11.3 Å². The molecule has 2 rings (SSSR count). The molecular weight excluding hydrogens is 218 g/mol. The Morgan fingerprint density at radius 3 is 2.71 bits per heavy atom. The summed E-state index contributed by atoms with van der Waals surface area (Å²) in [6.45, 7) is 3.84. The molecule has 1 N–H and O–H groups in total. The molecule has 0 spiro atoms. The van der Waals surface area contributed by atoms with Crippen molar-refractivity contribution in [3.05, 3.63) is 40.7 Å². The fraction of sp³-hybridized carbons (Fsp3) is 0.250. The van der Waals surface area contributed by atoms with Gasteiger partial charge in [0.2, 0.25) is 5.78 Å². The lowest BCUT2D eigenvalue weighted by Gasteiger charge is -2.10. The number of hydrogen-bond acceptors (Lipinski definition) is 4. The highest BCUT2D eigenvalue weighted by Crippen LogP contribution is 2.26. The number of carbonyl (C=O) groups is 1. The zero-order valence-electron chi connectivity index (χ0n) is 9.94. The quantitative estimate of drug-likeness (QED) is 0.816. The van der Waals surface area contributed by atoms with Crippen LogP contribution in [0.3, 0.4) is 0 Å². The van der Waals surface area contributed by atoms with Crippen LogP contribution in [-0.2, 0) is 0 Å². The number of aryl methyl sites for hydroxylation is 2. The summed E-state index contributed by atoms with van der Waals surface area (Å²) in [5, 5.41) is 9.85. The van der Waals surface area contributed by atoms with Gasteiger partial charge in [0.1, 0.15) is 5.75 Å². The van der Waals surface area contributed by atoms with Gasteiger partial charge in [0.15, 0.2) is 5.69 Å². The molecule has 0 aliphatic heterocycles. The van der Waals surface area contributed by atoms with Gasteiger partial charge in [-0.1, -0.05) is 6.07 Å². The number of hydrogen-bond donors (Lipinski definition) is 1. The zero-order valence-corrected chi connectivity index (χ0v) is 9.94. The number of aromatic amines is 1. The monoisotopic (exact) mass is 231 g/mol. The molecule has 0 aliphatic carbocycles. The van der Waals surface area contributed by atoms with E-state index in [9.17, 15) is 4.79 Å². The van der Waals surface area contributed by atoms with Gasteiger partial charge >= 0.3 is 0 Å². The molecular formula is C12H13N3O2. The molecule has 0 radical (unpaired) electrons. The number of H-pyrrole nitrogens is 1. The first kappa shape index (κ1) is 11.3. The van der Waals surface area contributed by atoms with Gasteiger partial charge in [0.05, 0.1) is 18.9 Å². The molecule has 0 saturated heterocycles. The average Bonchev–Trinajstić information content (AvgIpc) is 2.80. The largest absolute Gasteiger partial charge is 0.496 e. The van der Waals surface area contributed by atoms with Gasteiger partial charge in [0.25, 0.3) is 0 Å². The van der Waals surface area contributed by atoms with Crippen LogP contribution in [0.2, 0.25) is 0 Å². The molecule has 17 heavy (non-hydrogen) atoms. The van der Waals surface area contributed by atoms with Crippen molar-refractivity contribution in [1.82, 2.24) is 15.4 Å². The number of methoxy groups -OCH3 is 1. The summed E-state index contributed by atoms with van der Waals surface area (Å²) in [4.78, 5) is 12.2. The van der Waals surface area contributed by atoms with Crippen molar-refractivity contribution in [2.24, 2.45) is 0 Å². The number of nitrogens with zero attached hydrogens (tertiary/aromatic N) is 2. The Kier molecular flexibility index (Phi) is 2.91. The SMILES string of the molecule is COc1cc(C)cc(C)c1C(=O)c1cn[nH]n1. The highest BCUT2D eigenvalue weighted by molar-refractivity contribution is 6.10. The Balaban J connectivity index is 2.55. The molecule has 0 amide bonds. The molecule has 1 aromatic carbocycles. The van der Waals surface area contributed by atoms with Gasteiger partial charge in [-0.2, -0.15) is 15.4 Å². The molecule has 1 heterocycles. The molecule has 0 atom stereocenters. The lowest BCUT2D eigenvalue weighted by Crippen LogP contribution is -2.07. The molecule has 0 unspecified atom stereocenters. The molecule has 0 bridgehead atoms. The van der Waals surface area contributed by atoms with Gasteiger partial charge in [-0.3, -0.25) is 4.79 Å². The lowest BCUT2D eigenvalue weighted by molar-refractivity contribution is 0.103. The van der Waals surface area contributed by atoms with Crippen molar-refractivity contribution < 1.29 is 9.53 Å². The van der Waals surface area contributed by atoms with Crippen LogP contribution >= 0.6 is 0 Å². The second kappa shape index (κ2) is 4.37. The number of carbonyl (C=O) groups excluding carboxylic acids is 1. The average molecular weight is 231 g/mol. The van der Waals surface area contributed by atoms with Crippen LogP contribution in [0.4, 0.5) is 0 Å². The van der Waals surface area contributed by atoms with Crippen LogP contribution in [0.25, 0.3) is 0 Å². The molecule has 88 valence electrons. The Hall–Kier alpha value is -2.17. The highest BCUT2D eigenvalue weighted by Gasteiger charge is 2.19. The van der Waals surface area contributed by atoms with E-state index >= 15 is 0 Å². The van der Waals surface area contributed by atoms with Crippen molar-refractivity contribution in [3.63, 3.8) is 0 Å². The summed E-state index contributed by atoms with van der Waals surface area (Å²) in [5.74, 6) is 0.378. The fourth-order valence-corrected chi connectivity index (χ4v) is 1.82. The summed E-state index contributed by atoms with van der Waals surface area (Å²) >= 11 is 0. The lowest BCUT2D eigenvalue weighted by atomic mass is 9.99. The van der Waals surface area contributed by atoms with E-state index < -0.39 is 0 Å². The third-order valence-corrected chi connectivity index (χ3v) is 2.54. The minimum atomic E-state index is -0.187. The predicted molar refractivity (Wildman–Crippen MR) is 62.3 cm³/mol. The standard InChI is InChI=1S/C12H13N3O2/c1-7-4-8(2)11(10(5-7)17-3)12(16)9-6-13-15-14-9/h4-6H,1-3H3,(H,13,14,15). The van der Waals surface area contributed by atoms with Crippen LogP contribution in [0, 0.1) is 13.8 Å². The number of nitrogens with one attached hydrogen (secondary N) is 1. The maximum absolute atomic E-state index is 12.2. The Labute approximate surface area is 98.8 Å². The molecule has 0 fully saturated rings. The van der Waals surface area contributed by atoms with Crippen LogP contribution in [0.5, 0.6) is 5.75 Å². The van der Waals surface area contributed by atoms with E-state index in [4.69, 9.17) is 4.74 Å². The Morgan fingerprint density at radius 2 is 2.12 bits per heavy atom. The highest BCUT2D eigenvalue weighted by atomic mass is 16.5. The first-order valence-electron chi connectivity index (χ1n) is 5.19. The summed E-state index contributed by atoms with van der Waals surface area (Å²) in [7, 11) is 1.55. The van der Waals surface area contributed by atoms with E-state index in [2.05, 4.69) is 15.4 Å². The van der Waals surface area contributed by atoms with E-state index in [1.807, 2.05) is 26.0 Å². The van der Waals surface area contributed by atoms with Crippen LogP contribution < -0.4 is 4.74 Å². The van der Waals surface area contributed by atoms with E-state index in [1.54, 1.807) is 7.11 Å². The van der Waals surface area contributed by atoms with Crippen LogP contribution in [0.15, 0.2) is 18.3 Å². The minimum absolute atomic E-state index is 0.187. The topological polar surface area (TPSA) is 67.9 Å². The minimum Gasteiger partial charge on any atom is -0.496 e. The summed E-state index contributed by atoms with van der Waals surface area (Å²) < 4.78 is 5.25. The first-order valence-corrected chi connectivity index (χ1v) is 5.19. The fourth-order valence-electron chi connectivity index (χ4n) is 1.82. The summed E-state index contributed by atoms with van der Waals surface area (Å²) in [5.41, 5.74) is 2.74. The van der Waals surface area contributed by atoms with Crippen molar-refractivity contribution in [3.8, 4) is 5.75 Å². The van der Waals surface area contributed by atoms with Gasteiger partial charge in [0, 0.05) is 0 Å². The molecule has 5 nitrogen and oxygen atoms in total. The van der Waals surface area contributed by atoms with Crippen molar-refractivity contribution >= 4 is 5.78 Å². The summed E-state index contributed by atoms with van der Waals surface area (Å²) in [6, 6.07) is 3.77. The predicted octanol–water partition coefficient (Wildman–Crippen LogP) is 1.66. The van der Waals surface area contributed by atoms with Gasteiger partial charge in [-0.05, 0) is 31.0 Å². The Morgan fingerprint density at radius 1 is 1.35 bits per heavy atom. The maximum Gasteiger partial charge on any atom is 0.218 e. The molecule has 1 aromatic heterocycles. The second-order valence-corrected chi connectivity index (χ2v) is 3.84. The second-order valence-electron chi connectivity index (χ2n) is 3.84. The number of aromatic nitrogens is 3. The van der Waals surface area contributed by atoms with E-state index in [0.717, 1.165) is 11.1 Å². The third kappa shape index (κ3) is 2.04. The van der Waals surface area contributed by atoms with Gasteiger partial charge in [-0.25, -0.2) is 0 Å². The number of benzene rings is 1. The van der Waals surface area contributed by atoms with Crippen molar-refractivity contribution in [2.75, 3.05) is 7.11 Å². The molecule has 2 aromatic rings. The molecule has 0 saturated carbocycles. The van der Waals surface area contributed by atoms with Crippen molar-refractivity contribution in [1.29, 1.82) is 0 Å². The third-order valence-electron chi connectivity index (χ3n) is 2.54. The maximum atomic E-state index is 12.2. The first-order chi connectivity index (χ1) is 8.13. The molecule has 5 heteroatoms. The van der Waals surface area contributed by atoms with Gasteiger partial charge < -0.3 is 4.74 Å². The smallest absolute Gasteiger partial charge is 0.218 e. The number of rotatable bonds is 3. The van der Waals surface area contributed by atoms with Crippen molar-refractivity contribution in [2.45, 2.75) is 13.8 Å². The van der Waals surface area contributed by atoms with Crippen LogP contribution in [0.1, 0.15) is 27.2 Å². The normalized spacial score (nSPS) is 10.3. The number of ether oxygens (including phenoxy) is 1.